The van der Waals surface area contributed by atoms with Crippen LogP contribution < -0.4 is 5.32 Å². The third-order valence-corrected chi connectivity index (χ3v) is 5.76. The largest absolute Gasteiger partial charge is 0.378 e. The highest BCUT2D eigenvalue weighted by Gasteiger charge is 2.18. The van der Waals surface area contributed by atoms with E-state index in [1.165, 1.54) is 0 Å². The van der Waals surface area contributed by atoms with Crippen molar-refractivity contribution in [1.29, 1.82) is 0 Å². The molecule has 1 N–H and O–H groups in total. The number of aromatic nitrogens is 4. The van der Waals surface area contributed by atoms with Gasteiger partial charge in [0.05, 0.1) is 18.7 Å². The van der Waals surface area contributed by atoms with Gasteiger partial charge in [-0.15, -0.1) is 5.10 Å². The lowest BCUT2D eigenvalue weighted by atomic mass is 10.1. The molecule has 5 rings (SSSR count). The van der Waals surface area contributed by atoms with E-state index >= 15 is 0 Å². The van der Waals surface area contributed by atoms with Gasteiger partial charge in [0.25, 0.3) is 5.91 Å². The molecule has 1 saturated heterocycles. The summed E-state index contributed by atoms with van der Waals surface area (Å²) < 4.78 is 7.26. The second kappa shape index (κ2) is 8.99. The molecular formula is C25H26N6O2. The Morgan fingerprint density at radius 3 is 2.52 bits per heavy atom. The topological polar surface area (TPSA) is 85.2 Å². The van der Waals surface area contributed by atoms with E-state index in [0.29, 0.717) is 31.9 Å². The maximum absolute atomic E-state index is 12.6. The van der Waals surface area contributed by atoms with E-state index in [2.05, 4.69) is 40.5 Å². The Bertz CT molecular complexity index is 1280. The number of hydrogen-bond donors (Lipinski definition) is 1. The summed E-state index contributed by atoms with van der Waals surface area (Å²) in [4.78, 5) is 18.9. The molecule has 0 spiro atoms. The van der Waals surface area contributed by atoms with Gasteiger partial charge in [-0.3, -0.25) is 4.79 Å². The first-order valence-electron chi connectivity index (χ1n) is 11.1. The summed E-state index contributed by atoms with van der Waals surface area (Å²) in [6, 6.07) is 17.9. The molecule has 1 aliphatic heterocycles. The van der Waals surface area contributed by atoms with Gasteiger partial charge in [0.2, 0.25) is 0 Å². The fourth-order valence-electron chi connectivity index (χ4n) is 3.97. The maximum atomic E-state index is 12.6. The fourth-order valence-corrected chi connectivity index (χ4v) is 3.97. The number of carbonyl (C=O) groups is 1. The first-order valence-corrected chi connectivity index (χ1v) is 11.1. The van der Waals surface area contributed by atoms with E-state index in [1.807, 2.05) is 58.1 Å². The molecule has 8 nitrogen and oxygen atoms in total. The molecule has 0 radical (unpaired) electrons. The molecule has 2 aromatic heterocycles. The van der Waals surface area contributed by atoms with E-state index in [-0.39, 0.29) is 11.9 Å². The van der Waals surface area contributed by atoms with Crippen LogP contribution >= 0.6 is 0 Å². The van der Waals surface area contributed by atoms with Gasteiger partial charge in [-0.25, -0.2) is 9.67 Å². The number of hydrogen-bond acceptors (Lipinski definition) is 6. The van der Waals surface area contributed by atoms with E-state index in [4.69, 9.17) is 4.74 Å². The van der Waals surface area contributed by atoms with Crippen molar-refractivity contribution in [1.82, 2.24) is 24.9 Å². The van der Waals surface area contributed by atoms with Crippen molar-refractivity contribution in [3.8, 4) is 11.1 Å². The SMILES string of the molecule is CC(C)n1nnc2ccc(-c3ccnc(Nc4ccc(C(=O)N5CCOCC5)cc4)c3)cc21. The number of ether oxygens (including phenoxy) is 1. The first kappa shape index (κ1) is 21.1. The highest BCUT2D eigenvalue weighted by atomic mass is 16.5. The first-order chi connectivity index (χ1) is 16.1. The Labute approximate surface area is 192 Å². The number of pyridine rings is 1. The van der Waals surface area contributed by atoms with Gasteiger partial charge in [-0.2, -0.15) is 0 Å². The fraction of sp³-hybridized carbons (Fsp3) is 0.280. The van der Waals surface area contributed by atoms with Crippen molar-refractivity contribution in [3.63, 3.8) is 0 Å². The average molecular weight is 443 g/mol. The summed E-state index contributed by atoms with van der Waals surface area (Å²) in [7, 11) is 0. The van der Waals surface area contributed by atoms with Crippen LogP contribution in [0.1, 0.15) is 30.2 Å². The van der Waals surface area contributed by atoms with Gasteiger partial charge in [0.1, 0.15) is 11.3 Å². The predicted molar refractivity (Wildman–Crippen MR) is 128 cm³/mol. The molecule has 1 fully saturated rings. The zero-order valence-corrected chi connectivity index (χ0v) is 18.7. The maximum Gasteiger partial charge on any atom is 0.254 e. The van der Waals surface area contributed by atoms with E-state index < -0.39 is 0 Å². The van der Waals surface area contributed by atoms with Gasteiger partial charge in [0.15, 0.2) is 0 Å². The number of amides is 1. The smallest absolute Gasteiger partial charge is 0.254 e. The van der Waals surface area contributed by atoms with Crippen LogP contribution in [-0.4, -0.2) is 57.1 Å². The number of benzene rings is 2. The lowest BCUT2D eigenvalue weighted by Crippen LogP contribution is -2.40. The number of morpholine rings is 1. The molecule has 4 aromatic rings. The number of rotatable bonds is 5. The quantitative estimate of drug-likeness (QED) is 0.496. The van der Waals surface area contributed by atoms with Crippen LogP contribution in [0.4, 0.5) is 11.5 Å². The molecule has 1 aliphatic rings. The van der Waals surface area contributed by atoms with E-state index in [1.54, 1.807) is 6.20 Å². The van der Waals surface area contributed by atoms with Crippen LogP contribution in [0.2, 0.25) is 0 Å². The molecular weight excluding hydrogens is 416 g/mol. The molecule has 0 atom stereocenters. The number of nitrogens with zero attached hydrogens (tertiary/aromatic N) is 5. The molecule has 3 heterocycles. The van der Waals surface area contributed by atoms with Crippen LogP contribution in [0, 0.1) is 0 Å². The molecule has 1 amide bonds. The standard InChI is InChI=1S/C25H26N6O2/c1-17(2)31-23-15-19(5-8-22(23)28-29-31)20-9-10-26-24(16-20)27-21-6-3-18(4-7-21)25(32)30-11-13-33-14-12-30/h3-10,15-17H,11-14H2,1-2H3,(H,26,27). The van der Waals surface area contributed by atoms with Crippen molar-refractivity contribution in [2.24, 2.45) is 0 Å². The third-order valence-electron chi connectivity index (χ3n) is 5.76. The second-order valence-corrected chi connectivity index (χ2v) is 8.37. The van der Waals surface area contributed by atoms with E-state index in [9.17, 15) is 4.79 Å². The Morgan fingerprint density at radius 2 is 1.76 bits per heavy atom. The lowest BCUT2D eigenvalue weighted by Gasteiger charge is -2.26. The minimum absolute atomic E-state index is 0.0375. The predicted octanol–water partition coefficient (Wildman–Crippen LogP) is 4.29. The summed E-state index contributed by atoms with van der Waals surface area (Å²) >= 11 is 0. The molecule has 0 unspecified atom stereocenters. The Balaban J connectivity index is 1.34. The number of nitrogens with one attached hydrogen (secondary N) is 1. The normalized spacial score (nSPS) is 14.1. The Hall–Kier alpha value is -3.78. The minimum Gasteiger partial charge on any atom is -0.378 e. The van der Waals surface area contributed by atoms with Gasteiger partial charge in [0, 0.05) is 36.6 Å². The summed E-state index contributed by atoms with van der Waals surface area (Å²) in [5, 5.41) is 11.8. The van der Waals surface area contributed by atoms with Gasteiger partial charge < -0.3 is 15.0 Å². The zero-order valence-electron chi connectivity index (χ0n) is 18.7. The number of fused-ring (bicyclic) bond motifs is 1. The Morgan fingerprint density at radius 1 is 1.00 bits per heavy atom. The summed E-state index contributed by atoms with van der Waals surface area (Å²) in [6.45, 7) is 6.64. The molecule has 0 aliphatic carbocycles. The van der Waals surface area contributed by atoms with Crippen LogP contribution in [0.15, 0.2) is 60.8 Å². The van der Waals surface area contributed by atoms with Crippen LogP contribution in [0.5, 0.6) is 0 Å². The highest BCUT2D eigenvalue weighted by molar-refractivity contribution is 5.94. The van der Waals surface area contributed by atoms with Crippen molar-refractivity contribution in [2.75, 3.05) is 31.6 Å². The van der Waals surface area contributed by atoms with Crippen LogP contribution in [0.25, 0.3) is 22.2 Å². The lowest BCUT2D eigenvalue weighted by molar-refractivity contribution is 0.0303. The average Bonchev–Trinajstić information content (AvgIpc) is 3.28. The Kier molecular flexibility index (Phi) is 5.75. The molecule has 33 heavy (non-hydrogen) atoms. The van der Waals surface area contributed by atoms with Crippen molar-refractivity contribution >= 4 is 28.4 Å². The third kappa shape index (κ3) is 4.42. The summed E-state index contributed by atoms with van der Waals surface area (Å²) in [5.41, 5.74) is 5.55. The van der Waals surface area contributed by atoms with Crippen molar-refractivity contribution in [2.45, 2.75) is 19.9 Å². The van der Waals surface area contributed by atoms with Crippen LogP contribution in [-0.2, 0) is 4.74 Å². The second-order valence-electron chi connectivity index (χ2n) is 8.37. The highest BCUT2D eigenvalue weighted by Crippen LogP contribution is 2.27. The van der Waals surface area contributed by atoms with Gasteiger partial charge in [-0.1, -0.05) is 11.3 Å². The molecule has 0 saturated carbocycles. The monoisotopic (exact) mass is 442 g/mol. The van der Waals surface area contributed by atoms with Crippen molar-refractivity contribution in [3.05, 3.63) is 66.4 Å². The number of anilines is 2. The van der Waals surface area contributed by atoms with Gasteiger partial charge in [-0.05, 0) is 73.5 Å². The molecule has 8 heteroatoms. The summed E-state index contributed by atoms with van der Waals surface area (Å²) in [6.07, 6.45) is 1.79. The summed E-state index contributed by atoms with van der Waals surface area (Å²) in [5.74, 6) is 0.769. The molecule has 2 aromatic carbocycles. The molecule has 0 bridgehead atoms. The number of carbonyl (C=O) groups excluding carboxylic acids is 1. The van der Waals surface area contributed by atoms with Crippen LogP contribution in [0.3, 0.4) is 0 Å². The van der Waals surface area contributed by atoms with Crippen molar-refractivity contribution < 1.29 is 9.53 Å². The minimum atomic E-state index is 0.0375. The molecule has 168 valence electrons. The van der Waals surface area contributed by atoms with E-state index in [0.717, 1.165) is 33.7 Å². The van der Waals surface area contributed by atoms with Gasteiger partial charge >= 0.3 is 0 Å². The zero-order chi connectivity index (χ0) is 22.8.